The molecule has 2 amide bonds. The number of carbonyl (C=O) groups excluding carboxylic acids is 2. The lowest BCUT2D eigenvalue weighted by atomic mass is 10.1. The number of alkyl halides is 3. The molecule has 8 heteroatoms. The highest BCUT2D eigenvalue weighted by atomic mass is 19.4. The van der Waals surface area contributed by atoms with Gasteiger partial charge in [0.15, 0.2) is 6.29 Å². The van der Waals surface area contributed by atoms with Gasteiger partial charge in [-0.25, -0.2) is 9.78 Å². The Hall–Kier alpha value is -2.90. The van der Waals surface area contributed by atoms with Crippen LogP contribution in [0.5, 0.6) is 0 Å². The minimum Gasteiger partial charge on any atom is -0.312 e. The van der Waals surface area contributed by atoms with Crippen molar-refractivity contribution in [1.82, 2.24) is 10.3 Å². The fraction of sp³-hybridized carbons (Fsp3) is 0.278. The van der Waals surface area contributed by atoms with Crippen molar-refractivity contribution in [2.24, 2.45) is 0 Å². The topological polar surface area (TPSA) is 62.3 Å². The van der Waals surface area contributed by atoms with Crippen LogP contribution >= 0.6 is 0 Å². The number of rotatable bonds is 4. The third kappa shape index (κ3) is 4.59. The smallest absolute Gasteiger partial charge is 0.312 e. The number of aromatic nitrogens is 1. The number of pyridine rings is 1. The summed E-state index contributed by atoms with van der Waals surface area (Å²) in [4.78, 5) is 28.9. The van der Waals surface area contributed by atoms with Gasteiger partial charge in [0.2, 0.25) is 0 Å². The number of hydrogen-bond donors (Lipinski definition) is 1. The molecular formula is C18H18F3N3O2. The normalized spacial score (nSPS) is 15.3. The highest BCUT2D eigenvalue weighted by molar-refractivity contribution is 5.93. The Morgan fingerprint density at radius 1 is 1.35 bits per heavy atom. The van der Waals surface area contributed by atoms with Crippen LogP contribution in [0.4, 0.5) is 23.8 Å². The number of hydrogen-bond acceptors (Lipinski definition) is 3. The Morgan fingerprint density at radius 2 is 2.08 bits per heavy atom. The van der Waals surface area contributed by atoms with Crippen molar-refractivity contribution < 1.29 is 22.8 Å². The average Bonchev–Trinajstić information content (AvgIpc) is 2.59. The number of carbonyl (C=O) groups is 2. The first kappa shape index (κ1) is 19.4. The van der Waals surface area contributed by atoms with Crippen LogP contribution in [0, 0.1) is 0 Å². The largest absolute Gasteiger partial charge is 0.416 e. The molecule has 0 aliphatic carbocycles. The monoisotopic (exact) mass is 365 g/mol. The summed E-state index contributed by atoms with van der Waals surface area (Å²) in [7, 11) is 0. The number of amides is 2. The molecule has 26 heavy (non-hydrogen) atoms. The number of anilines is 1. The van der Waals surface area contributed by atoms with Crippen LogP contribution in [0.2, 0.25) is 0 Å². The molecule has 1 aliphatic heterocycles. The molecule has 0 fully saturated rings. The van der Waals surface area contributed by atoms with E-state index in [9.17, 15) is 22.8 Å². The van der Waals surface area contributed by atoms with Gasteiger partial charge < -0.3 is 5.32 Å². The van der Waals surface area contributed by atoms with Gasteiger partial charge in [-0.1, -0.05) is 18.7 Å². The van der Waals surface area contributed by atoms with Gasteiger partial charge >= 0.3 is 12.2 Å². The van der Waals surface area contributed by atoms with Crippen molar-refractivity contribution in [3.8, 4) is 0 Å². The number of halogens is 3. The molecule has 0 spiro atoms. The number of aldehydes is 1. The summed E-state index contributed by atoms with van der Waals surface area (Å²) in [6.07, 6.45) is 0.241. The number of nitrogens with zero attached hydrogens (tertiary/aromatic N) is 2. The first-order valence-electron chi connectivity index (χ1n) is 7.88. The van der Waals surface area contributed by atoms with Crippen molar-refractivity contribution in [2.75, 3.05) is 11.4 Å². The summed E-state index contributed by atoms with van der Waals surface area (Å²) < 4.78 is 38.0. The van der Waals surface area contributed by atoms with E-state index < -0.39 is 17.8 Å². The molecule has 5 nitrogen and oxygen atoms in total. The molecule has 138 valence electrons. The molecule has 0 radical (unpaired) electrons. The van der Waals surface area contributed by atoms with E-state index in [0.29, 0.717) is 24.7 Å². The van der Waals surface area contributed by atoms with Gasteiger partial charge in [-0.2, -0.15) is 13.2 Å². The van der Waals surface area contributed by atoms with E-state index in [1.165, 1.54) is 11.8 Å². The molecule has 0 saturated heterocycles. The average molecular weight is 365 g/mol. The zero-order valence-corrected chi connectivity index (χ0v) is 14.1. The molecular weight excluding hydrogens is 347 g/mol. The number of allylic oxidation sites excluding steroid dienone is 5. The summed E-state index contributed by atoms with van der Waals surface area (Å²) in [5.41, 5.74) is 0.368. The highest BCUT2D eigenvalue weighted by Crippen LogP contribution is 2.27. The second-order valence-electron chi connectivity index (χ2n) is 5.70. The molecule has 1 aromatic heterocycles. The second-order valence-corrected chi connectivity index (χ2v) is 5.70. The van der Waals surface area contributed by atoms with E-state index >= 15 is 0 Å². The Labute approximate surface area is 148 Å². The van der Waals surface area contributed by atoms with Gasteiger partial charge in [0.05, 0.1) is 5.57 Å². The molecule has 0 aromatic carbocycles. The minimum absolute atomic E-state index is 0.208. The molecule has 1 N–H and O–H groups in total. The van der Waals surface area contributed by atoms with E-state index in [2.05, 4.69) is 16.9 Å². The standard InChI is InChI=1S/C18H18F3N3O2/c1-3-14(18(19,20)21)8-6-12(2)22-17(26)24-10-4-5-13-7-9-15(11-25)23-16(13)24/h3,6-9,11H,1,4-5,10H2,2H3,(H,22,26)/b12-6+,14-8+. The lowest BCUT2D eigenvalue weighted by molar-refractivity contribution is -0.0881. The molecule has 0 bridgehead atoms. The van der Waals surface area contributed by atoms with Gasteiger partial charge in [0, 0.05) is 12.2 Å². The van der Waals surface area contributed by atoms with Crippen molar-refractivity contribution in [3.63, 3.8) is 0 Å². The molecule has 1 aliphatic rings. The van der Waals surface area contributed by atoms with Gasteiger partial charge in [0.1, 0.15) is 11.5 Å². The number of aryl methyl sites for hydroxylation is 1. The van der Waals surface area contributed by atoms with Crippen molar-refractivity contribution in [3.05, 3.63) is 59.5 Å². The van der Waals surface area contributed by atoms with Gasteiger partial charge in [-0.05, 0) is 43.5 Å². The SMILES string of the molecule is C=C/C(=C\C=C(/C)NC(=O)N1CCCc2ccc(C=O)nc21)C(F)(F)F. The molecule has 1 aromatic rings. The Bertz CT molecular complexity index is 782. The summed E-state index contributed by atoms with van der Waals surface area (Å²) in [5.74, 6) is 0.392. The third-order valence-electron chi connectivity index (χ3n) is 3.79. The Kier molecular flexibility index (Phi) is 5.97. The Balaban J connectivity index is 2.18. The fourth-order valence-corrected chi connectivity index (χ4v) is 2.49. The van der Waals surface area contributed by atoms with Crippen LogP contribution in [0.1, 0.15) is 29.4 Å². The summed E-state index contributed by atoms with van der Waals surface area (Å²) in [6, 6.07) is 2.81. The third-order valence-corrected chi connectivity index (χ3v) is 3.79. The minimum atomic E-state index is -4.51. The lowest BCUT2D eigenvalue weighted by Gasteiger charge is -2.28. The van der Waals surface area contributed by atoms with Crippen molar-refractivity contribution in [1.29, 1.82) is 0 Å². The molecule has 0 saturated carbocycles. The summed E-state index contributed by atoms with van der Waals surface area (Å²) in [6.45, 7) is 5.01. The van der Waals surface area contributed by atoms with Gasteiger partial charge in [0.25, 0.3) is 0 Å². The number of fused-ring (bicyclic) bond motifs is 1. The predicted molar refractivity (Wildman–Crippen MR) is 91.9 cm³/mol. The van der Waals surface area contributed by atoms with Crippen LogP contribution < -0.4 is 10.2 Å². The quantitative estimate of drug-likeness (QED) is 0.649. The first-order valence-corrected chi connectivity index (χ1v) is 7.88. The van der Waals surface area contributed by atoms with Crippen LogP contribution in [0.25, 0.3) is 0 Å². The highest BCUT2D eigenvalue weighted by Gasteiger charge is 2.30. The molecule has 0 atom stereocenters. The second kappa shape index (κ2) is 7.99. The maximum Gasteiger partial charge on any atom is 0.416 e. The van der Waals surface area contributed by atoms with Crippen LogP contribution in [0.3, 0.4) is 0 Å². The fourth-order valence-electron chi connectivity index (χ4n) is 2.49. The Morgan fingerprint density at radius 3 is 2.69 bits per heavy atom. The van der Waals surface area contributed by atoms with E-state index in [0.717, 1.165) is 30.6 Å². The molecule has 2 rings (SSSR count). The van der Waals surface area contributed by atoms with Crippen LogP contribution in [-0.4, -0.2) is 30.0 Å². The van der Waals surface area contributed by atoms with Gasteiger partial charge in [-0.3, -0.25) is 9.69 Å². The molecule has 0 unspecified atom stereocenters. The van der Waals surface area contributed by atoms with Crippen LogP contribution in [-0.2, 0) is 6.42 Å². The summed E-state index contributed by atoms with van der Waals surface area (Å²) in [5, 5.41) is 2.53. The lowest BCUT2D eigenvalue weighted by Crippen LogP contribution is -2.42. The van der Waals surface area contributed by atoms with E-state index in [-0.39, 0.29) is 11.4 Å². The van der Waals surface area contributed by atoms with E-state index in [1.54, 1.807) is 12.1 Å². The zero-order valence-electron chi connectivity index (χ0n) is 14.1. The number of nitrogens with one attached hydrogen (secondary N) is 1. The maximum atomic E-state index is 12.7. The van der Waals surface area contributed by atoms with Crippen LogP contribution in [0.15, 0.2) is 48.2 Å². The van der Waals surface area contributed by atoms with Crippen molar-refractivity contribution in [2.45, 2.75) is 25.9 Å². The maximum absolute atomic E-state index is 12.7. The van der Waals surface area contributed by atoms with Gasteiger partial charge in [-0.15, -0.1) is 0 Å². The predicted octanol–water partition coefficient (Wildman–Crippen LogP) is 3.93. The first-order chi connectivity index (χ1) is 12.3. The summed E-state index contributed by atoms with van der Waals surface area (Å²) >= 11 is 0. The van der Waals surface area contributed by atoms with Crippen molar-refractivity contribution >= 4 is 18.1 Å². The number of urea groups is 1. The van der Waals surface area contributed by atoms with E-state index in [1.807, 2.05) is 0 Å². The zero-order chi connectivity index (χ0) is 19.3. The molecule has 2 heterocycles. The van der Waals surface area contributed by atoms with E-state index in [4.69, 9.17) is 0 Å².